The molecule has 0 amide bonds. The van der Waals surface area contributed by atoms with E-state index in [0.29, 0.717) is 17.4 Å². The first kappa shape index (κ1) is 29.0. The van der Waals surface area contributed by atoms with Crippen LogP contribution in [0.5, 0.6) is 0 Å². The molecule has 0 aliphatic heterocycles. The smallest absolute Gasteiger partial charge is 0.306 e. The quantitative estimate of drug-likeness (QED) is 0.189. The number of allylic oxidation sites excluding steroid dienone is 1. The molecule has 0 aliphatic carbocycles. The minimum atomic E-state index is -1.19. The number of aryl methyl sites for hydroxylation is 1. The van der Waals surface area contributed by atoms with Crippen molar-refractivity contribution in [2.75, 3.05) is 27.7 Å². The molecule has 6 nitrogen and oxygen atoms in total. The van der Waals surface area contributed by atoms with Crippen LogP contribution in [0.4, 0.5) is 0 Å². The molecule has 1 unspecified atom stereocenters. The average Bonchev–Trinajstić information content (AvgIpc) is 2.96. The summed E-state index contributed by atoms with van der Waals surface area (Å²) in [5, 5.41) is 10.9. The fourth-order valence-corrected chi connectivity index (χ4v) is 3.92. The molecule has 1 rings (SSSR count). The Kier molecular flexibility index (Phi) is 13.1. The first-order chi connectivity index (χ1) is 15.5. The lowest BCUT2D eigenvalue weighted by Gasteiger charge is -2.29. The third-order valence-corrected chi connectivity index (χ3v) is 5.78. The summed E-state index contributed by atoms with van der Waals surface area (Å²) in [6.07, 6.45) is 13.2. The maximum atomic E-state index is 12.1. The molecule has 0 aliphatic rings. The molecule has 1 aromatic rings. The predicted octanol–water partition coefficient (Wildman–Crippen LogP) is 4.74. The Balaban J connectivity index is 2.17. The van der Waals surface area contributed by atoms with Crippen LogP contribution in [0.15, 0.2) is 10.5 Å². The molecule has 6 heteroatoms. The first-order valence-electron chi connectivity index (χ1n) is 12.5. The third-order valence-electron chi connectivity index (χ3n) is 5.78. The Morgan fingerprint density at radius 2 is 1.67 bits per heavy atom. The van der Waals surface area contributed by atoms with Gasteiger partial charge in [-0.3, -0.25) is 4.79 Å². The lowest BCUT2D eigenvalue weighted by Crippen LogP contribution is -2.45. The van der Waals surface area contributed by atoms with Crippen molar-refractivity contribution < 1.29 is 28.3 Å². The number of unbranched alkanes of at least 4 members (excludes halogenated alkanes) is 6. The van der Waals surface area contributed by atoms with E-state index in [1.807, 2.05) is 21.1 Å². The van der Waals surface area contributed by atoms with Gasteiger partial charge in [0.2, 0.25) is 0 Å². The first-order valence-corrected chi connectivity index (χ1v) is 12.5. The van der Waals surface area contributed by atoms with Gasteiger partial charge in [0.15, 0.2) is 6.10 Å². The van der Waals surface area contributed by atoms with Crippen LogP contribution in [-0.2, 0) is 20.7 Å². The van der Waals surface area contributed by atoms with Crippen LogP contribution in [0.25, 0.3) is 6.08 Å². The van der Waals surface area contributed by atoms with E-state index in [0.717, 1.165) is 62.9 Å². The molecule has 1 atom stereocenters. The number of hydrogen-bond donors (Lipinski definition) is 0. The fraction of sp³-hybridized carbons (Fsp3) is 0.704. The van der Waals surface area contributed by atoms with Crippen molar-refractivity contribution >= 4 is 18.0 Å². The van der Waals surface area contributed by atoms with Crippen LogP contribution < -0.4 is 5.11 Å². The summed E-state index contributed by atoms with van der Waals surface area (Å²) in [5.74, 6) is 0.601. The van der Waals surface area contributed by atoms with Crippen LogP contribution in [0.2, 0.25) is 0 Å². The molecule has 1 aromatic heterocycles. The van der Waals surface area contributed by atoms with Gasteiger partial charge < -0.3 is 23.5 Å². The highest BCUT2D eigenvalue weighted by atomic mass is 16.5. The summed E-state index contributed by atoms with van der Waals surface area (Å²) in [4.78, 5) is 23.0. The van der Waals surface area contributed by atoms with E-state index in [1.54, 1.807) is 0 Å². The Morgan fingerprint density at radius 1 is 1.03 bits per heavy atom. The number of likely N-dealkylation sites (N-methyl/N-ethyl adjacent to an activating group) is 1. The predicted molar refractivity (Wildman–Crippen MR) is 131 cm³/mol. The highest BCUT2D eigenvalue weighted by Crippen LogP contribution is 2.24. The van der Waals surface area contributed by atoms with Gasteiger partial charge in [0.1, 0.15) is 18.1 Å². The van der Waals surface area contributed by atoms with Gasteiger partial charge in [-0.2, -0.15) is 0 Å². The molecule has 0 saturated carbocycles. The van der Waals surface area contributed by atoms with Gasteiger partial charge in [0, 0.05) is 25.2 Å². The molecule has 0 N–H and O–H groups in total. The topological polar surface area (TPSA) is 79.6 Å². The summed E-state index contributed by atoms with van der Waals surface area (Å²) < 4.78 is 11.9. The van der Waals surface area contributed by atoms with E-state index < -0.39 is 12.1 Å². The summed E-state index contributed by atoms with van der Waals surface area (Å²) in [5.41, 5.74) is 2.53. The van der Waals surface area contributed by atoms with Gasteiger partial charge in [0.05, 0.1) is 21.1 Å². The second kappa shape index (κ2) is 14.9. The molecule has 0 spiro atoms. The van der Waals surface area contributed by atoms with E-state index >= 15 is 0 Å². The number of hydrogen-bond acceptors (Lipinski definition) is 5. The molecule has 0 fully saturated rings. The van der Waals surface area contributed by atoms with E-state index in [2.05, 4.69) is 32.9 Å². The highest BCUT2D eigenvalue weighted by molar-refractivity contribution is 5.70. The minimum Gasteiger partial charge on any atom is -0.550 e. The monoisotopic (exact) mass is 463 g/mol. The van der Waals surface area contributed by atoms with Crippen LogP contribution in [0.1, 0.15) is 93.8 Å². The number of nitrogens with zero attached hydrogens (tertiary/aromatic N) is 1. The van der Waals surface area contributed by atoms with Gasteiger partial charge in [-0.25, -0.2) is 0 Å². The van der Waals surface area contributed by atoms with Crippen molar-refractivity contribution in [3.05, 3.63) is 28.7 Å². The number of quaternary nitrogens is 1. The zero-order valence-electron chi connectivity index (χ0n) is 21.7. The van der Waals surface area contributed by atoms with Gasteiger partial charge in [0.25, 0.3) is 0 Å². The van der Waals surface area contributed by atoms with Gasteiger partial charge >= 0.3 is 5.97 Å². The summed E-state index contributed by atoms with van der Waals surface area (Å²) >= 11 is 0. The highest BCUT2D eigenvalue weighted by Gasteiger charge is 2.22. The normalized spacial score (nSPS) is 12.9. The zero-order valence-corrected chi connectivity index (χ0v) is 21.7. The zero-order chi connectivity index (χ0) is 24.9. The molecule has 33 heavy (non-hydrogen) atoms. The molecule has 0 bridgehead atoms. The molecule has 1 heterocycles. The van der Waals surface area contributed by atoms with E-state index in [9.17, 15) is 14.7 Å². The summed E-state index contributed by atoms with van der Waals surface area (Å²) in [7, 11) is 5.82. The molecule has 188 valence electrons. The largest absolute Gasteiger partial charge is 0.550 e. The number of carboxylic acid groups (broad SMARTS) is 1. The van der Waals surface area contributed by atoms with Crippen molar-refractivity contribution in [3.63, 3.8) is 0 Å². The number of furan rings is 1. The number of rotatable bonds is 17. The van der Waals surface area contributed by atoms with E-state index in [1.165, 1.54) is 17.5 Å². The minimum absolute atomic E-state index is 0.255. The third kappa shape index (κ3) is 12.7. The van der Waals surface area contributed by atoms with Gasteiger partial charge in [-0.05, 0) is 56.7 Å². The van der Waals surface area contributed by atoms with Crippen molar-refractivity contribution in [3.8, 4) is 0 Å². The van der Waals surface area contributed by atoms with Crippen LogP contribution in [0.3, 0.4) is 0 Å². The van der Waals surface area contributed by atoms with Crippen LogP contribution >= 0.6 is 0 Å². The summed E-state index contributed by atoms with van der Waals surface area (Å²) in [6, 6.07) is 0. The van der Waals surface area contributed by atoms with Crippen LogP contribution in [0, 0.1) is 13.8 Å². The van der Waals surface area contributed by atoms with Gasteiger partial charge in [-0.15, -0.1) is 0 Å². The summed E-state index contributed by atoms with van der Waals surface area (Å²) in [6.45, 7) is 6.88. The number of esters is 1. The standard InChI is InChI=1S/C27H45NO5/c1-7-16-24-21(2)22(3)25(33-24)17-14-12-10-8-9-11-13-15-18-27(31)32-23(19-26(29)30)20-28(4,5)6/h14,17,23H,7-13,15-16,18-20H2,1-6H3/b17-14+. The average molecular weight is 464 g/mol. The number of carbonyl (C=O) groups is 2. The molecule has 0 saturated heterocycles. The Bertz CT molecular complexity index is 757. The van der Waals surface area contributed by atoms with Gasteiger partial charge in [-0.1, -0.05) is 38.7 Å². The lowest BCUT2D eigenvalue weighted by molar-refractivity contribution is -0.873. The number of aliphatic carboxylic acids is 1. The Hall–Kier alpha value is -2.08. The number of carboxylic acids is 1. The maximum absolute atomic E-state index is 12.1. The molecular weight excluding hydrogens is 418 g/mol. The Labute approximate surface area is 200 Å². The number of ether oxygens (including phenoxy) is 1. The van der Waals surface area contributed by atoms with Crippen molar-refractivity contribution in [2.45, 2.75) is 97.5 Å². The maximum Gasteiger partial charge on any atom is 0.306 e. The second-order valence-electron chi connectivity index (χ2n) is 10.1. The molecule has 0 radical (unpaired) electrons. The van der Waals surface area contributed by atoms with Crippen molar-refractivity contribution in [2.24, 2.45) is 0 Å². The van der Waals surface area contributed by atoms with Crippen molar-refractivity contribution in [1.82, 2.24) is 0 Å². The molecule has 0 aromatic carbocycles. The number of carbonyl (C=O) groups excluding carboxylic acids is 2. The SMILES string of the molecule is CCCc1oc(/C=C/CCCCCCCCC(=O)OC(CC(=O)[O-])C[N+](C)(C)C)c(C)c1C. The van der Waals surface area contributed by atoms with Crippen LogP contribution in [-0.4, -0.2) is 50.2 Å². The van der Waals surface area contributed by atoms with Crippen molar-refractivity contribution in [1.29, 1.82) is 0 Å². The Morgan fingerprint density at radius 3 is 2.27 bits per heavy atom. The molecular formula is C27H45NO5. The fourth-order valence-electron chi connectivity index (χ4n) is 3.92. The second-order valence-corrected chi connectivity index (χ2v) is 10.1. The van der Waals surface area contributed by atoms with E-state index in [4.69, 9.17) is 9.15 Å². The van der Waals surface area contributed by atoms with E-state index in [-0.39, 0.29) is 12.4 Å². The lowest BCUT2D eigenvalue weighted by atomic mass is 10.1.